The van der Waals surface area contributed by atoms with E-state index in [2.05, 4.69) is 32.3 Å². The van der Waals surface area contributed by atoms with Crippen LogP contribution in [0.25, 0.3) is 10.9 Å². The first-order valence-corrected chi connectivity index (χ1v) is 11.9. The molecule has 4 heterocycles. The average Bonchev–Trinajstić information content (AvgIpc) is 3.60. The highest BCUT2D eigenvalue weighted by Gasteiger charge is 2.28. The molecule has 0 amide bonds. The number of aromatic amines is 1. The van der Waals surface area contributed by atoms with Crippen LogP contribution in [0.3, 0.4) is 0 Å². The maximum atomic E-state index is 13.1. The molecule has 9 nitrogen and oxygen atoms in total. The van der Waals surface area contributed by atoms with E-state index in [0.717, 1.165) is 53.9 Å². The molecule has 0 spiro atoms. The molecule has 1 aliphatic rings. The molecule has 0 aliphatic carbocycles. The van der Waals surface area contributed by atoms with E-state index in [4.69, 9.17) is 9.15 Å². The van der Waals surface area contributed by atoms with E-state index >= 15 is 0 Å². The number of tetrazole rings is 1. The van der Waals surface area contributed by atoms with Crippen molar-refractivity contribution in [2.24, 2.45) is 0 Å². The van der Waals surface area contributed by atoms with Gasteiger partial charge in [0.15, 0.2) is 5.82 Å². The number of ether oxygens (including phenoxy) is 1. The fourth-order valence-electron chi connectivity index (χ4n) is 4.81. The van der Waals surface area contributed by atoms with Crippen molar-refractivity contribution in [1.29, 1.82) is 0 Å². The summed E-state index contributed by atoms with van der Waals surface area (Å²) in [6.45, 7) is 6.49. The molecule has 178 valence electrons. The molecule has 2 atom stereocenters. The lowest BCUT2D eigenvalue weighted by Crippen LogP contribution is -2.33. The van der Waals surface area contributed by atoms with Gasteiger partial charge in [-0.3, -0.25) is 9.69 Å². The van der Waals surface area contributed by atoms with Gasteiger partial charge in [-0.25, -0.2) is 4.68 Å². The third-order valence-electron chi connectivity index (χ3n) is 6.56. The normalized spacial score (nSPS) is 17.1. The molecule has 9 heteroatoms. The van der Waals surface area contributed by atoms with E-state index in [1.165, 1.54) is 0 Å². The molecule has 2 unspecified atom stereocenters. The van der Waals surface area contributed by atoms with Gasteiger partial charge < -0.3 is 14.1 Å². The summed E-state index contributed by atoms with van der Waals surface area (Å²) < 4.78 is 13.3. The summed E-state index contributed by atoms with van der Waals surface area (Å²) in [5, 5.41) is 13.6. The predicted octanol–water partition coefficient (Wildman–Crippen LogP) is 3.75. The summed E-state index contributed by atoms with van der Waals surface area (Å²) >= 11 is 0. The summed E-state index contributed by atoms with van der Waals surface area (Å²) in [5.74, 6) is 1.60. The second kappa shape index (κ2) is 9.90. The quantitative estimate of drug-likeness (QED) is 0.404. The first-order valence-electron chi connectivity index (χ1n) is 11.9. The molecule has 1 aromatic carbocycles. The first kappa shape index (κ1) is 22.5. The Morgan fingerprint density at radius 3 is 2.94 bits per heavy atom. The summed E-state index contributed by atoms with van der Waals surface area (Å²) in [6, 6.07) is 11.7. The van der Waals surface area contributed by atoms with Crippen molar-refractivity contribution in [3.05, 3.63) is 75.7 Å². The predicted molar refractivity (Wildman–Crippen MR) is 127 cm³/mol. The largest absolute Gasteiger partial charge is 0.468 e. The Morgan fingerprint density at radius 1 is 1.26 bits per heavy atom. The van der Waals surface area contributed by atoms with Gasteiger partial charge in [0.2, 0.25) is 0 Å². The Labute approximate surface area is 197 Å². The standard InChI is InChI=1S/C25H30N6O3/c1-3-22(24-27-28-29-31(24)16-21-10-6-12-34-21)30(15-20-9-5-11-33-20)14-19-13-18-8-4-7-17(2)23(18)26-25(19)32/h4-5,7-9,11,13,21-22H,3,6,10,12,14-16H2,1-2H3,(H,26,32). The smallest absolute Gasteiger partial charge is 0.252 e. The van der Waals surface area contributed by atoms with Crippen LogP contribution in [0, 0.1) is 6.92 Å². The minimum atomic E-state index is -0.103. The highest BCUT2D eigenvalue weighted by molar-refractivity contribution is 5.81. The van der Waals surface area contributed by atoms with E-state index in [-0.39, 0.29) is 17.7 Å². The third-order valence-corrected chi connectivity index (χ3v) is 6.56. The molecule has 5 rings (SSSR count). The molecule has 0 radical (unpaired) electrons. The summed E-state index contributed by atoms with van der Waals surface area (Å²) in [7, 11) is 0. The number of furan rings is 1. The number of pyridine rings is 1. The van der Waals surface area contributed by atoms with Crippen LogP contribution in [0.4, 0.5) is 0 Å². The number of hydrogen-bond donors (Lipinski definition) is 1. The van der Waals surface area contributed by atoms with Crippen LogP contribution < -0.4 is 5.56 Å². The molecule has 34 heavy (non-hydrogen) atoms. The van der Waals surface area contributed by atoms with E-state index in [9.17, 15) is 4.79 Å². The molecule has 4 aromatic rings. The van der Waals surface area contributed by atoms with E-state index in [1.54, 1.807) is 6.26 Å². The minimum Gasteiger partial charge on any atom is -0.468 e. The number of rotatable bonds is 9. The van der Waals surface area contributed by atoms with Crippen molar-refractivity contribution in [1.82, 2.24) is 30.1 Å². The van der Waals surface area contributed by atoms with Crippen LogP contribution in [0.5, 0.6) is 0 Å². The Balaban J connectivity index is 1.49. The molecule has 0 bridgehead atoms. The Bertz CT molecular complexity index is 1290. The topological polar surface area (TPSA) is 102 Å². The molecule has 1 fully saturated rings. The van der Waals surface area contributed by atoms with Crippen LogP contribution in [-0.4, -0.2) is 42.8 Å². The number of para-hydroxylation sites is 1. The van der Waals surface area contributed by atoms with Gasteiger partial charge in [-0.2, -0.15) is 0 Å². The molecule has 3 aromatic heterocycles. The molecule has 0 saturated carbocycles. The molecule has 1 N–H and O–H groups in total. The zero-order chi connectivity index (χ0) is 23.5. The van der Waals surface area contributed by atoms with Crippen molar-refractivity contribution in [2.45, 2.75) is 64.9 Å². The van der Waals surface area contributed by atoms with E-state index in [1.807, 2.05) is 48.0 Å². The third kappa shape index (κ3) is 4.67. The molecular formula is C25H30N6O3. The van der Waals surface area contributed by atoms with Gasteiger partial charge in [0, 0.05) is 18.7 Å². The second-order valence-corrected chi connectivity index (χ2v) is 8.93. The number of fused-ring (bicyclic) bond motifs is 1. The summed E-state index contributed by atoms with van der Waals surface area (Å²) in [4.78, 5) is 18.3. The highest BCUT2D eigenvalue weighted by atomic mass is 16.5. The van der Waals surface area contributed by atoms with Gasteiger partial charge in [0.1, 0.15) is 5.76 Å². The van der Waals surface area contributed by atoms with Crippen LogP contribution in [0.15, 0.2) is 51.9 Å². The monoisotopic (exact) mass is 462 g/mol. The van der Waals surface area contributed by atoms with Crippen LogP contribution in [-0.2, 0) is 24.4 Å². The first-order chi connectivity index (χ1) is 16.6. The van der Waals surface area contributed by atoms with Gasteiger partial charge in [-0.1, -0.05) is 25.1 Å². The van der Waals surface area contributed by atoms with Crippen LogP contribution in [0.2, 0.25) is 0 Å². The Morgan fingerprint density at radius 2 is 2.18 bits per heavy atom. The average molecular weight is 463 g/mol. The van der Waals surface area contributed by atoms with Gasteiger partial charge in [0.25, 0.3) is 5.56 Å². The highest BCUT2D eigenvalue weighted by Crippen LogP contribution is 2.27. The van der Waals surface area contributed by atoms with Crippen molar-refractivity contribution < 1.29 is 9.15 Å². The van der Waals surface area contributed by atoms with E-state index in [0.29, 0.717) is 25.2 Å². The zero-order valence-corrected chi connectivity index (χ0v) is 19.6. The maximum absolute atomic E-state index is 13.1. The minimum absolute atomic E-state index is 0.0833. The Kier molecular flexibility index (Phi) is 6.55. The molecule has 1 aliphatic heterocycles. The van der Waals surface area contributed by atoms with Gasteiger partial charge >= 0.3 is 0 Å². The zero-order valence-electron chi connectivity index (χ0n) is 19.6. The maximum Gasteiger partial charge on any atom is 0.252 e. The van der Waals surface area contributed by atoms with E-state index < -0.39 is 0 Å². The number of benzene rings is 1. The van der Waals surface area contributed by atoms with Crippen molar-refractivity contribution in [2.75, 3.05) is 6.61 Å². The number of H-pyrrole nitrogens is 1. The number of nitrogens with one attached hydrogen (secondary N) is 1. The lowest BCUT2D eigenvalue weighted by Gasteiger charge is -2.29. The van der Waals surface area contributed by atoms with Crippen molar-refractivity contribution >= 4 is 10.9 Å². The SMILES string of the molecule is CCC(c1nnnn1CC1CCCO1)N(Cc1ccco1)Cc1cc2cccc(C)c2[nH]c1=O. The van der Waals surface area contributed by atoms with Gasteiger partial charge in [-0.05, 0) is 65.8 Å². The Hall–Kier alpha value is -3.30. The summed E-state index contributed by atoms with van der Waals surface area (Å²) in [6.07, 6.45) is 4.65. The van der Waals surface area contributed by atoms with Gasteiger partial charge in [0.05, 0.1) is 37.0 Å². The van der Waals surface area contributed by atoms with Crippen LogP contribution in [0.1, 0.15) is 54.9 Å². The van der Waals surface area contributed by atoms with Gasteiger partial charge in [-0.15, -0.1) is 5.10 Å². The summed E-state index contributed by atoms with van der Waals surface area (Å²) in [5.41, 5.74) is 2.54. The lowest BCUT2D eigenvalue weighted by atomic mass is 10.1. The van der Waals surface area contributed by atoms with Crippen LogP contribution >= 0.6 is 0 Å². The number of nitrogens with zero attached hydrogens (tertiary/aromatic N) is 5. The molecular weight excluding hydrogens is 432 g/mol. The second-order valence-electron chi connectivity index (χ2n) is 8.93. The molecule has 1 saturated heterocycles. The lowest BCUT2D eigenvalue weighted by molar-refractivity contribution is 0.0882. The fourth-order valence-corrected chi connectivity index (χ4v) is 4.81. The number of hydrogen-bond acceptors (Lipinski definition) is 7. The number of aromatic nitrogens is 5. The fraction of sp³-hybridized carbons (Fsp3) is 0.440. The van der Waals surface area contributed by atoms with Crippen molar-refractivity contribution in [3.63, 3.8) is 0 Å². The number of aryl methyl sites for hydroxylation is 1. The van der Waals surface area contributed by atoms with Crippen molar-refractivity contribution in [3.8, 4) is 0 Å².